The second-order valence-corrected chi connectivity index (χ2v) is 10.6. The van der Waals surface area contributed by atoms with Crippen LogP contribution in [0.25, 0.3) is 0 Å². The molecule has 0 unspecified atom stereocenters. The molecule has 0 aromatic rings. The Morgan fingerprint density at radius 2 is 1.78 bits per heavy atom. The second-order valence-electron chi connectivity index (χ2n) is 10.1. The van der Waals surface area contributed by atoms with Crippen LogP contribution < -0.4 is 0 Å². The highest BCUT2D eigenvalue weighted by molar-refractivity contribution is 7.81. The molecule has 7 nitrogen and oxygen atoms in total. The first-order valence-electron chi connectivity index (χ1n) is 11.2. The zero-order valence-corrected chi connectivity index (χ0v) is 21.8. The minimum atomic E-state index is -2.95. The SMILES string of the molecule is CC[C@H]1OC(=O)[C@@](C)(F)C(=O)[C@H](C)[C@@H](S)[C@](C)(OC)C[C@@H](C)CN(C)[C@H](C)[C@@H](O)[C@]1(C)O. The number of ketones is 1. The number of likely N-dealkylation sites (N-methyl/N-ethyl adjacent to an activating group) is 1. The standard InChI is InChI=1S/C23H42FNO6S/c1-10-16-23(7,29)18(27)15(4)25(8)12-13(2)11-21(5,30-9)19(32)14(3)17(26)22(6,24)20(28)31-16/h13-16,18-19,27,29,32H,10-12H2,1-9H3/t13-,14+,15-,16-,18-,19-,21-,22+,23-/m1/s1. The zero-order valence-electron chi connectivity index (χ0n) is 20.9. The predicted octanol–water partition coefficient (Wildman–Crippen LogP) is 2.42. The van der Waals surface area contributed by atoms with E-state index < -0.39 is 58.0 Å². The Bertz CT molecular complexity index is 675. The number of halogens is 1. The third kappa shape index (κ3) is 5.84. The van der Waals surface area contributed by atoms with Crippen molar-refractivity contribution in [3.05, 3.63) is 0 Å². The van der Waals surface area contributed by atoms with E-state index in [1.54, 1.807) is 13.8 Å². The summed E-state index contributed by atoms with van der Waals surface area (Å²) in [5.41, 5.74) is -5.69. The predicted molar refractivity (Wildman–Crippen MR) is 125 cm³/mol. The normalized spacial score (nSPS) is 46.3. The van der Waals surface area contributed by atoms with Crippen molar-refractivity contribution in [3.8, 4) is 0 Å². The number of carbonyl (C=O) groups excluding carboxylic acids is 2. The van der Waals surface area contributed by atoms with Gasteiger partial charge in [-0.1, -0.05) is 20.8 Å². The molecule has 1 aliphatic heterocycles. The summed E-state index contributed by atoms with van der Waals surface area (Å²) in [5.74, 6) is -3.25. The fourth-order valence-corrected chi connectivity index (χ4v) is 5.06. The van der Waals surface area contributed by atoms with Crippen LogP contribution in [0.2, 0.25) is 0 Å². The Labute approximate surface area is 197 Å². The Hall–Kier alpha value is -0.740. The van der Waals surface area contributed by atoms with Crippen LogP contribution in [0.5, 0.6) is 0 Å². The molecular weight excluding hydrogens is 437 g/mol. The first kappa shape index (κ1) is 29.3. The molecule has 1 aliphatic rings. The molecule has 0 spiro atoms. The van der Waals surface area contributed by atoms with E-state index in [9.17, 15) is 19.8 Å². The zero-order chi connectivity index (χ0) is 25.2. The lowest BCUT2D eigenvalue weighted by molar-refractivity contribution is -0.195. The van der Waals surface area contributed by atoms with Crippen molar-refractivity contribution in [3.63, 3.8) is 0 Å². The molecule has 1 heterocycles. The molecule has 1 fully saturated rings. The summed E-state index contributed by atoms with van der Waals surface area (Å²) in [6.45, 7) is 11.6. The number of hydrogen-bond acceptors (Lipinski definition) is 8. The molecule has 0 aromatic heterocycles. The number of aliphatic hydroxyl groups is 2. The van der Waals surface area contributed by atoms with Crippen molar-refractivity contribution >= 4 is 24.4 Å². The number of esters is 1. The molecule has 9 heteroatoms. The first-order chi connectivity index (χ1) is 14.5. The van der Waals surface area contributed by atoms with Gasteiger partial charge in [0.15, 0.2) is 5.78 Å². The van der Waals surface area contributed by atoms with Gasteiger partial charge in [-0.25, -0.2) is 9.18 Å². The molecule has 188 valence electrons. The number of carbonyl (C=O) groups is 2. The number of thiol groups is 1. The van der Waals surface area contributed by atoms with Crippen LogP contribution in [0.4, 0.5) is 4.39 Å². The topological polar surface area (TPSA) is 96.3 Å². The van der Waals surface area contributed by atoms with E-state index in [-0.39, 0.29) is 12.3 Å². The summed E-state index contributed by atoms with van der Waals surface area (Å²) in [4.78, 5) is 27.7. The average Bonchev–Trinajstić information content (AvgIpc) is 2.72. The van der Waals surface area contributed by atoms with Gasteiger partial charge in [0.2, 0.25) is 0 Å². The van der Waals surface area contributed by atoms with E-state index in [1.807, 2.05) is 25.8 Å². The summed E-state index contributed by atoms with van der Waals surface area (Å²) in [6.07, 6.45) is -1.88. The largest absolute Gasteiger partial charge is 0.457 e. The van der Waals surface area contributed by atoms with Crippen LogP contribution in [0.3, 0.4) is 0 Å². The van der Waals surface area contributed by atoms with Gasteiger partial charge in [-0.2, -0.15) is 12.6 Å². The van der Waals surface area contributed by atoms with Crippen molar-refractivity contribution in [2.24, 2.45) is 11.8 Å². The fourth-order valence-electron chi connectivity index (χ4n) is 4.72. The van der Waals surface area contributed by atoms with Crippen LogP contribution in [0.15, 0.2) is 0 Å². The number of aliphatic hydroxyl groups excluding tert-OH is 1. The molecule has 1 saturated heterocycles. The molecule has 0 radical (unpaired) electrons. The van der Waals surface area contributed by atoms with E-state index in [2.05, 4.69) is 12.6 Å². The fraction of sp³-hybridized carbons (Fsp3) is 0.913. The number of methoxy groups -OCH3 is 1. The number of hydrogen-bond donors (Lipinski definition) is 3. The van der Waals surface area contributed by atoms with Crippen molar-refractivity contribution in [1.82, 2.24) is 4.90 Å². The maximum absolute atomic E-state index is 15.5. The van der Waals surface area contributed by atoms with Crippen molar-refractivity contribution in [2.75, 3.05) is 20.7 Å². The highest BCUT2D eigenvalue weighted by Crippen LogP contribution is 2.36. The lowest BCUT2D eigenvalue weighted by Gasteiger charge is -2.42. The first-order valence-corrected chi connectivity index (χ1v) is 11.8. The van der Waals surface area contributed by atoms with Crippen LogP contribution in [0.1, 0.15) is 61.3 Å². The number of alkyl halides is 1. The van der Waals surface area contributed by atoms with Crippen LogP contribution >= 0.6 is 12.6 Å². The van der Waals surface area contributed by atoms with E-state index in [4.69, 9.17) is 9.47 Å². The number of nitrogens with zero attached hydrogens (tertiary/aromatic N) is 1. The third-order valence-electron chi connectivity index (χ3n) is 7.20. The summed E-state index contributed by atoms with van der Waals surface area (Å²) >= 11 is 4.62. The summed E-state index contributed by atoms with van der Waals surface area (Å²) in [6, 6.07) is -0.497. The maximum atomic E-state index is 15.5. The number of Topliss-reactive ketones (excluding diaryl/α,β-unsaturated/α-hetero) is 1. The number of cyclic esters (lactones) is 1. The molecule has 1 rings (SSSR count). The van der Waals surface area contributed by atoms with Crippen LogP contribution in [-0.4, -0.2) is 87.9 Å². The minimum Gasteiger partial charge on any atom is -0.457 e. The molecule has 0 aromatic carbocycles. The van der Waals surface area contributed by atoms with Gasteiger partial charge in [0.25, 0.3) is 5.67 Å². The van der Waals surface area contributed by atoms with Crippen molar-refractivity contribution in [1.29, 1.82) is 0 Å². The quantitative estimate of drug-likeness (QED) is 0.318. The number of ether oxygens (including phenoxy) is 2. The van der Waals surface area contributed by atoms with E-state index in [0.717, 1.165) is 6.92 Å². The molecule has 0 bridgehead atoms. The minimum absolute atomic E-state index is 0.0586. The van der Waals surface area contributed by atoms with Gasteiger partial charge in [-0.15, -0.1) is 0 Å². The Morgan fingerprint density at radius 1 is 1.25 bits per heavy atom. The van der Waals surface area contributed by atoms with Gasteiger partial charge in [0, 0.05) is 30.9 Å². The summed E-state index contributed by atoms with van der Waals surface area (Å²) in [7, 11) is 3.35. The summed E-state index contributed by atoms with van der Waals surface area (Å²) in [5, 5.41) is 21.4. The van der Waals surface area contributed by atoms with Gasteiger partial charge < -0.3 is 24.6 Å². The van der Waals surface area contributed by atoms with E-state index in [0.29, 0.717) is 13.0 Å². The van der Waals surface area contributed by atoms with Crippen molar-refractivity contribution < 1.29 is 33.7 Å². The lowest BCUT2D eigenvalue weighted by Crippen LogP contribution is -2.59. The Kier molecular flexibility index (Phi) is 9.77. The van der Waals surface area contributed by atoms with Crippen LogP contribution in [-0.2, 0) is 19.1 Å². The molecule has 9 atom stereocenters. The highest BCUT2D eigenvalue weighted by Gasteiger charge is 2.52. The lowest BCUT2D eigenvalue weighted by atomic mass is 9.80. The summed E-state index contributed by atoms with van der Waals surface area (Å²) < 4.78 is 26.5. The van der Waals surface area contributed by atoms with Crippen LogP contribution in [0, 0.1) is 11.8 Å². The third-order valence-corrected chi connectivity index (χ3v) is 8.19. The van der Waals surface area contributed by atoms with E-state index >= 15 is 4.39 Å². The smallest absolute Gasteiger partial charge is 0.351 e. The molecular formula is C23H42FNO6S. The maximum Gasteiger partial charge on any atom is 0.351 e. The second kappa shape index (κ2) is 10.7. The molecule has 0 saturated carbocycles. The van der Waals surface area contributed by atoms with Gasteiger partial charge >= 0.3 is 5.97 Å². The number of rotatable bonds is 2. The van der Waals surface area contributed by atoms with Gasteiger partial charge in [0.1, 0.15) is 17.8 Å². The van der Waals surface area contributed by atoms with Gasteiger partial charge in [-0.3, -0.25) is 4.79 Å². The Balaban J connectivity index is 3.53. The molecule has 0 aliphatic carbocycles. The molecule has 0 amide bonds. The van der Waals surface area contributed by atoms with E-state index in [1.165, 1.54) is 21.0 Å². The Morgan fingerprint density at radius 3 is 2.25 bits per heavy atom. The van der Waals surface area contributed by atoms with Crippen molar-refractivity contribution in [2.45, 2.75) is 102 Å². The average molecular weight is 480 g/mol. The molecule has 32 heavy (non-hydrogen) atoms. The monoisotopic (exact) mass is 479 g/mol. The van der Waals surface area contributed by atoms with Gasteiger partial charge in [-0.05, 0) is 53.5 Å². The molecule has 2 N–H and O–H groups in total. The van der Waals surface area contributed by atoms with Gasteiger partial charge in [0.05, 0.1) is 5.60 Å². The highest BCUT2D eigenvalue weighted by atomic mass is 32.1.